The number of para-hydroxylation sites is 1. The SMILES string of the molecule is CCN(Cc1ccccc1N)c1nccn(C(C)C)c1=O. The van der Waals surface area contributed by atoms with E-state index in [4.69, 9.17) is 5.73 Å². The fourth-order valence-electron chi connectivity index (χ4n) is 2.26. The lowest BCUT2D eigenvalue weighted by Gasteiger charge is -2.23. The third kappa shape index (κ3) is 3.24. The minimum atomic E-state index is -0.0659. The number of hydrogen-bond acceptors (Lipinski definition) is 4. The quantitative estimate of drug-likeness (QED) is 0.857. The Morgan fingerprint density at radius 3 is 2.67 bits per heavy atom. The Hall–Kier alpha value is -2.30. The van der Waals surface area contributed by atoms with Gasteiger partial charge < -0.3 is 15.2 Å². The number of nitrogens with two attached hydrogens (primary N) is 1. The smallest absolute Gasteiger partial charge is 0.293 e. The molecule has 1 aromatic carbocycles. The maximum absolute atomic E-state index is 12.5. The Kier molecular flexibility index (Phi) is 4.62. The van der Waals surface area contributed by atoms with Crippen LogP contribution in [-0.4, -0.2) is 16.1 Å². The second kappa shape index (κ2) is 6.43. The molecule has 1 aromatic heterocycles. The molecule has 1 heterocycles. The predicted octanol–water partition coefficient (Wildman–Crippen LogP) is 2.43. The highest BCUT2D eigenvalue weighted by Gasteiger charge is 2.14. The van der Waals surface area contributed by atoms with Gasteiger partial charge in [0.1, 0.15) is 0 Å². The zero-order valence-corrected chi connectivity index (χ0v) is 12.8. The van der Waals surface area contributed by atoms with Crippen molar-refractivity contribution in [2.45, 2.75) is 33.4 Å². The molecular formula is C16H22N4O. The number of nitrogen functional groups attached to an aromatic ring is 1. The van der Waals surface area contributed by atoms with Crippen molar-refractivity contribution in [2.24, 2.45) is 0 Å². The monoisotopic (exact) mass is 286 g/mol. The minimum Gasteiger partial charge on any atom is -0.398 e. The van der Waals surface area contributed by atoms with Crippen LogP contribution in [0.3, 0.4) is 0 Å². The second-order valence-electron chi connectivity index (χ2n) is 5.27. The number of rotatable bonds is 5. The van der Waals surface area contributed by atoms with Gasteiger partial charge in [-0.15, -0.1) is 0 Å². The molecule has 0 spiro atoms. The van der Waals surface area contributed by atoms with Gasteiger partial charge in [0, 0.05) is 37.2 Å². The van der Waals surface area contributed by atoms with Crippen LogP contribution in [0.15, 0.2) is 41.5 Å². The summed E-state index contributed by atoms with van der Waals surface area (Å²) in [5.41, 5.74) is 7.65. The van der Waals surface area contributed by atoms with E-state index in [9.17, 15) is 4.79 Å². The van der Waals surface area contributed by atoms with Crippen molar-refractivity contribution < 1.29 is 0 Å². The highest BCUT2D eigenvalue weighted by molar-refractivity contribution is 5.49. The van der Waals surface area contributed by atoms with Crippen LogP contribution in [-0.2, 0) is 6.54 Å². The molecule has 5 nitrogen and oxygen atoms in total. The third-order valence-corrected chi connectivity index (χ3v) is 3.50. The van der Waals surface area contributed by atoms with Crippen molar-refractivity contribution in [2.75, 3.05) is 17.2 Å². The van der Waals surface area contributed by atoms with Crippen molar-refractivity contribution >= 4 is 11.5 Å². The van der Waals surface area contributed by atoms with Crippen LogP contribution < -0.4 is 16.2 Å². The van der Waals surface area contributed by atoms with Crippen LogP contribution in [0.4, 0.5) is 11.5 Å². The lowest BCUT2D eigenvalue weighted by Crippen LogP contribution is -2.33. The van der Waals surface area contributed by atoms with Crippen LogP contribution >= 0.6 is 0 Å². The zero-order valence-electron chi connectivity index (χ0n) is 12.8. The summed E-state index contributed by atoms with van der Waals surface area (Å²) >= 11 is 0. The van der Waals surface area contributed by atoms with Crippen LogP contribution in [0.25, 0.3) is 0 Å². The molecule has 112 valence electrons. The first kappa shape index (κ1) is 15.1. The van der Waals surface area contributed by atoms with E-state index in [1.807, 2.05) is 49.9 Å². The summed E-state index contributed by atoms with van der Waals surface area (Å²) in [7, 11) is 0. The van der Waals surface area contributed by atoms with Gasteiger partial charge in [-0.1, -0.05) is 18.2 Å². The molecular weight excluding hydrogens is 264 g/mol. The predicted molar refractivity (Wildman–Crippen MR) is 86.5 cm³/mol. The van der Waals surface area contributed by atoms with Crippen molar-refractivity contribution in [1.82, 2.24) is 9.55 Å². The molecule has 0 atom stereocenters. The number of hydrogen-bond donors (Lipinski definition) is 1. The molecule has 0 radical (unpaired) electrons. The summed E-state index contributed by atoms with van der Waals surface area (Å²) in [6, 6.07) is 7.81. The van der Waals surface area contributed by atoms with Crippen molar-refractivity contribution in [3.8, 4) is 0 Å². The van der Waals surface area contributed by atoms with Gasteiger partial charge in [-0.3, -0.25) is 4.79 Å². The van der Waals surface area contributed by atoms with Gasteiger partial charge in [-0.05, 0) is 32.4 Å². The lowest BCUT2D eigenvalue weighted by atomic mass is 10.1. The summed E-state index contributed by atoms with van der Waals surface area (Å²) in [5, 5.41) is 0. The summed E-state index contributed by atoms with van der Waals surface area (Å²) in [5.74, 6) is 0.469. The first-order valence-electron chi connectivity index (χ1n) is 7.20. The summed E-state index contributed by atoms with van der Waals surface area (Å²) in [6.07, 6.45) is 3.40. The molecule has 2 N–H and O–H groups in total. The Morgan fingerprint density at radius 2 is 2.05 bits per heavy atom. The molecule has 0 fully saturated rings. The molecule has 0 saturated carbocycles. The molecule has 0 unspecified atom stereocenters. The first-order chi connectivity index (χ1) is 10.0. The van der Waals surface area contributed by atoms with E-state index < -0.39 is 0 Å². The normalized spacial score (nSPS) is 10.9. The second-order valence-corrected chi connectivity index (χ2v) is 5.27. The number of benzene rings is 1. The summed E-state index contributed by atoms with van der Waals surface area (Å²) < 4.78 is 1.69. The van der Waals surface area contributed by atoms with E-state index in [0.717, 1.165) is 11.3 Å². The van der Waals surface area contributed by atoms with E-state index >= 15 is 0 Å². The fourth-order valence-corrected chi connectivity index (χ4v) is 2.26. The van der Waals surface area contributed by atoms with E-state index in [2.05, 4.69) is 4.98 Å². The Balaban J connectivity index is 2.37. The molecule has 0 saturated heterocycles. The van der Waals surface area contributed by atoms with Crippen LogP contribution in [0.2, 0.25) is 0 Å². The van der Waals surface area contributed by atoms with Crippen molar-refractivity contribution in [1.29, 1.82) is 0 Å². The maximum Gasteiger partial charge on any atom is 0.293 e. The Labute approximate surface area is 125 Å². The van der Waals surface area contributed by atoms with Crippen molar-refractivity contribution in [3.05, 3.63) is 52.6 Å². The molecule has 2 aromatic rings. The van der Waals surface area contributed by atoms with E-state index in [-0.39, 0.29) is 11.6 Å². The van der Waals surface area contributed by atoms with Gasteiger partial charge >= 0.3 is 0 Å². The average molecular weight is 286 g/mol. The van der Waals surface area contributed by atoms with E-state index in [0.29, 0.717) is 18.9 Å². The molecule has 0 bridgehead atoms. The number of aromatic nitrogens is 2. The highest BCUT2D eigenvalue weighted by atomic mass is 16.1. The minimum absolute atomic E-state index is 0.0659. The van der Waals surface area contributed by atoms with Crippen molar-refractivity contribution in [3.63, 3.8) is 0 Å². The molecule has 21 heavy (non-hydrogen) atoms. The first-order valence-corrected chi connectivity index (χ1v) is 7.20. The molecule has 0 aliphatic rings. The van der Waals surface area contributed by atoms with E-state index in [1.165, 1.54) is 0 Å². The van der Waals surface area contributed by atoms with Gasteiger partial charge in [-0.25, -0.2) is 4.98 Å². The standard InChI is InChI=1S/C16H22N4O/c1-4-19(11-13-7-5-6-8-14(13)17)15-16(21)20(12(2)3)10-9-18-15/h5-10,12H,4,11,17H2,1-3H3. The van der Waals surface area contributed by atoms with Gasteiger partial charge in [-0.2, -0.15) is 0 Å². The molecule has 0 aliphatic carbocycles. The summed E-state index contributed by atoms with van der Waals surface area (Å²) in [4.78, 5) is 18.7. The van der Waals surface area contributed by atoms with E-state index in [1.54, 1.807) is 17.0 Å². The van der Waals surface area contributed by atoms with Gasteiger partial charge in [0.05, 0.1) is 0 Å². The molecule has 2 rings (SSSR count). The topological polar surface area (TPSA) is 64.2 Å². The molecule has 0 amide bonds. The van der Waals surface area contributed by atoms with Gasteiger partial charge in [0.25, 0.3) is 5.56 Å². The Morgan fingerprint density at radius 1 is 1.33 bits per heavy atom. The van der Waals surface area contributed by atoms with Crippen LogP contribution in [0.1, 0.15) is 32.4 Å². The maximum atomic E-state index is 12.5. The van der Waals surface area contributed by atoms with Crippen LogP contribution in [0, 0.1) is 0 Å². The number of nitrogens with zero attached hydrogens (tertiary/aromatic N) is 3. The summed E-state index contributed by atoms with van der Waals surface area (Å²) in [6.45, 7) is 7.24. The largest absolute Gasteiger partial charge is 0.398 e. The Bertz CT molecular complexity index is 663. The molecule has 0 aliphatic heterocycles. The molecule has 5 heteroatoms. The van der Waals surface area contributed by atoms with Gasteiger partial charge in [0.2, 0.25) is 0 Å². The number of anilines is 2. The van der Waals surface area contributed by atoms with Crippen LogP contribution in [0.5, 0.6) is 0 Å². The fraction of sp³-hybridized carbons (Fsp3) is 0.375. The van der Waals surface area contributed by atoms with Gasteiger partial charge in [0.15, 0.2) is 5.82 Å². The third-order valence-electron chi connectivity index (χ3n) is 3.50. The lowest BCUT2D eigenvalue weighted by molar-refractivity contribution is 0.571. The highest BCUT2D eigenvalue weighted by Crippen LogP contribution is 2.16. The average Bonchev–Trinajstić information content (AvgIpc) is 2.47. The zero-order chi connectivity index (χ0) is 15.4.